The number of urea groups is 1. The lowest BCUT2D eigenvalue weighted by Crippen LogP contribution is -2.65. The van der Waals surface area contributed by atoms with Crippen molar-refractivity contribution in [2.45, 2.75) is 80.4 Å². The molecule has 38 heavy (non-hydrogen) atoms. The van der Waals surface area contributed by atoms with Crippen LogP contribution >= 0.6 is 11.8 Å². The van der Waals surface area contributed by atoms with Gasteiger partial charge in [0.2, 0.25) is 11.8 Å². The average molecular weight is 549 g/mol. The Hall–Kier alpha value is -2.94. The molecule has 6 N–H and O–H groups in total. The number of carbonyl (C=O) groups excluding carboxylic acids is 3. The maximum atomic E-state index is 12.5. The van der Waals surface area contributed by atoms with E-state index in [2.05, 4.69) is 31.6 Å². The number of hydrogen-bond acceptors (Lipinski definition) is 10. The lowest BCUT2D eigenvalue weighted by molar-refractivity contribution is -0.184. The number of aliphatic hydroxyl groups excluding tert-OH is 2. The highest BCUT2D eigenvalue weighted by atomic mass is 32.2. The minimum absolute atomic E-state index is 0.00937. The zero-order valence-corrected chi connectivity index (χ0v) is 21.6. The van der Waals surface area contributed by atoms with Crippen LogP contribution in [0.25, 0.3) is 11.0 Å². The Kier molecular flexibility index (Phi) is 8.02. The van der Waals surface area contributed by atoms with Gasteiger partial charge in [0.25, 0.3) is 0 Å². The van der Waals surface area contributed by atoms with Crippen LogP contribution in [0.1, 0.15) is 31.7 Å². The number of aliphatic hydroxyl groups is 2. The van der Waals surface area contributed by atoms with E-state index in [4.69, 9.17) is 9.37 Å². The van der Waals surface area contributed by atoms with Gasteiger partial charge in [-0.2, -0.15) is 11.8 Å². The summed E-state index contributed by atoms with van der Waals surface area (Å²) in [5.41, 5.74) is 1.99. The molecule has 8 atom stereocenters. The van der Waals surface area contributed by atoms with Crippen LogP contribution in [0.3, 0.4) is 0 Å². The molecule has 2 aromatic rings. The highest BCUT2D eigenvalue weighted by Crippen LogP contribution is 2.33. The SMILES string of the molecule is CC(=O)NC1[C@H](Cc2ccc3nonc3c2)OC(CNC(=O)CCC[C@@H]2SC[C@@H]3NC(=O)N[C@@H]32)[C@@H](O)[C@@H]1O. The molecular formula is C24H32N6O7S. The number of hydrogen-bond donors (Lipinski definition) is 6. The molecule has 13 nitrogen and oxygen atoms in total. The molecule has 5 rings (SSSR count). The second kappa shape index (κ2) is 11.4. The topological polar surface area (TPSA) is 188 Å². The molecule has 14 heteroatoms. The van der Waals surface area contributed by atoms with Gasteiger partial charge < -0.3 is 36.2 Å². The van der Waals surface area contributed by atoms with E-state index in [0.717, 1.165) is 17.7 Å². The molecule has 1 aromatic carbocycles. The van der Waals surface area contributed by atoms with Crippen LogP contribution in [0.15, 0.2) is 22.8 Å². The van der Waals surface area contributed by atoms with Crippen LogP contribution < -0.4 is 21.3 Å². The van der Waals surface area contributed by atoms with E-state index < -0.39 is 30.5 Å². The molecular weight excluding hydrogens is 516 g/mol. The lowest BCUT2D eigenvalue weighted by Gasteiger charge is -2.43. The molecule has 4 heterocycles. The fraction of sp³-hybridized carbons (Fsp3) is 0.625. The molecule has 0 bridgehead atoms. The van der Waals surface area contributed by atoms with E-state index in [-0.39, 0.29) is 41.7 Å². The number of aromatic nitrogens is 2. The molecule has 0 aliphatic carbocycles. The van der Waals surface area contributed by atoms with Gasteiger partial charge in [0.1, 0.15) is 29.3 Å². The third-order valence-electron chi connectivity index (χ3n) is 7.30. The molecule has 206 valence electrons. The quantitative estimate of drug-likeness (QED) is 0.217. The zero-order valence-electron chi connectivity index (χ0n) is 20.8. The van der Waals surface area contributed by atoms with Crippen LogP contribution in [0.4, 0.5) is 4.79 Å². The van der Waals surface area contributed by atoms with Gasteiger partial charge in [-0.05, 0) is 40.9 Å². The van der Waals surface area contributed by atoms with Crippen molar-refractivity contribution >= 4 is 40.6 Å². The van der Waals surface area contributed by atoms with E-state index >= 15 is 0 Å². The molecule has 0 radical (unpaired) electrons. The summed E-state index contributed by atoms with van der Waals surface area (Å²) in [6, 6.07) is 4.62. The standard InChI is InChI=1S/C24H32N6O7S/c1-11(31)26-21-16(8-12-5-6-13-14(7-12)30-37-29-13)36-17(22(33)23(21)34)9-25-19(32)4-2-3-18-20-15(10-38-18)27-24(35)28-20/h5-7,15-18,20-23,33-34H,2-4,8-10H2,1H3,(H,25,32)(H,26,31)(H2,27,28,35)/t15-,16-,17?,18-,20-,21?,22+,23+/m0/s1. The molecule has 3 aliphatic rings. The molecule has 3 aliphatic heterocycles. The predicted molar refractivity (Wildman–Crippen MR) is 136 cm³/mol. The summed E-state index contributed by atoms with van der Waals surface area (Å²) in [6.07, 6.45) is -2.07. The first-order valence-electron chi connectivity index (χ1n) is 12.7. The Morgan fingerprint density at radius 1 is 1.16 bits per heavy atom. The molecule has 2 unspecified atom stereocenters. The van der Waals surface area contributed by atoms with Crippen LogP contribution in [0, 0.1) is 0 Å². The van der Waals surface area contributed by atoms with Crippen LogP contribution in [-0.2, 0) is 20.7 Å². The lowest BCUT2D eigenvalue weighted by atomic mass is 9.89. The van der Waals surface area contributed by atoms with Gasteiger partial charge in [-0.1, -0.05) is 6.07 Å². The summed E-state index contributed by atoms with van der Waals surface area (Å²) in [5, 5.41) is 40.8. The summed E-state index contributed by atoms with van der Waals surface area (Å²) >= 11 is 1.80. The molecule has 4 amide bonds. The van der Waals surface area contributed by atoms with Crippen LogP contribution in [-0.4, -0.2) is 98.5 Å². The van der Waals surface area contributed by atoms with Crippen molar-refractivity contribution in [2.75, 3.05) is 12.3 Å². The second-order valence-corrected chi connectivity index (χ2v) is 11.3. The normalized spacial score (nSPS) is 32.4. The largest absolute Gasteiger partial charge is 0.388 e. The van der Waals surface area contributed by atoms with E-state index in [0.29, 0.717) is 30.3 Å². The average Bonchev–Trinajstić information content (AvgIpc) is 3.59. The summed E-state index contributed by atoms with van der Waals surface area (Å²) in [5.74, 6) is 0.314. The molecule has 3 saturated heterocycles. The van der Waals surface area contributed by atoms with Gasteiger partial charge in [-0.3, -0.25) is 9.59 Å². The second-order valence-electron chi connectivity index (χ2n) is 10.0. The van der Waals surface area contributed by atoms with Crippen molar-refractivity contribution in [3.63, 3.8) is 0 Å². The zero-order chi connectivity index (χ0) is 26.8. The number of ether oxygens (including phenoxy) is 1. The first-order chi connectivity index (χ1) is 18.3. The number of benzene rings is 1. The number of nitrogens with zero attached hydrogens (tertiary/aromatic N) is 2. The fourth-order valence-electron chi connectivity index (χ4n) is 5.40. The Balaban J connectivity index is 1.15. The van der Waals surface area contributed by atoms with Crippen LogP contribution in [0.5, 0.6) is 0 Å². The van der Waals surface area contributed by atoms with Gasteiger partial charge in [0, 0.05) is 37.3 Å². The number of rotatable bonds is 9. The van der Waals surface area contributed by atoms with Crippen molar-refractivity contribution in [2.24, 2.45) is 0 Å². The van der Waals surface area contributed by atoms with E-state index in [1.54, 1.807) is 23.9 Å². The Morgan fingerprint density at radius 3 is 2.79 bits per heavy atom. The van der Waals surface area contributed by atoms with Crippen LogP contribution in [0.2, 0.25) is 0 Å². The van der Waals surface area contributed by atoms with Crippen molar-refractivity contribution in [1.82, 2.24) is 31.6 Å². The smallest absolute Gasteiger partial charge is 0.315 e. The van der Waals surface area contributed by atoms with Gasteiger partial charge in [-0.15, -0.1) is 0 Å². The summed E-state index contributed by atoms with van der Waals surface area (Å²) in [7, 11) is 0. The Labute approximate surface area is 222 Å². The van der Waals surface area contributed by atoms with Crippen molar-refractivity contribution in [3.8, 4) is 0 Å². The van der Waals surface area contributed by atoms with Gasteiger partial charge in [0.05, 0.1) is 24.2 Å². The first-order valence-corrected chi connectivity index (χ1v) is 13.8. The number of fused-ring (bicyclic) bond motifs is 2. The van der Waals surface area contributed by atoms with E-state index in [1.165, 1.54) is 6.92 Å². The number of carbonyl (C=O) groups is 3. The molecule has 3 fully saturated rings. The molecule has 0 spiro atoms. The highest BCUT2D eigenvalue weighted by molar-refractivity contribution is 8.00. The maximum Gasteiger partial charge on any atom is 0.315 e. The van der Waals surface area contributed by atoms with Crippen molar-refractivity contribution in [1.29, 1.82) is 0 Å². The first kappa shape index (κ1) is 26.7. The third-order valence-corrected chi connectivity index (χ3v) is 8.81. The van der Waals surface area contributed by atoms with Gasteiger partial charge >= 0.3 is 6.03 Å². The molecule has 0 saturated carbocycles. The van der Waals surface area contributed by atoms with E-state index in [9.17, 15) is 24.6 Å². The summed E-state index contributed by atoms with van der Waals surface area (Å²) < 4.78 is 10.9. The minimum atomic E-state index is -1.31. The summed E-state index contributed by atoms with van der Waals surface area (Å²) in [4.78, 5) is 35.9. The van der Waals surface area contributed by atoms with Gasteiger partial charge in [0.15, 0.2) is 0 Å². The number of nitrogens with one attached hydrogen (secondary N) is 4. The monoisotopic (exact) mass is 548 g/mol. The summed E-state index contributed by atoms with van der Waals surface area (Å²) in [6.45, 7) is 1.34. The predicted octanol–water partition coefficient (Wildman–Crippen LogP) is -0.789. The number of amides is 4. The van der Waals surface area contributed by atoms with E-state index in [1.807, 2.05) is 6.07 Å². The third kappa shape index (κ3) is 5.87. The Bertz CT molecular complexity index is 1180. The molecule has 1 aromatic heterocycles. The van der Waals surface area contributed by atoms with Gasteiger partial charge in [-0.25, -0.2) is 9.42 Å². The Morgan fingerprint density at radius 2 is 1.97 bits per heavy atom. The highest BCUT2D eigenvalue weighted by Gasteiger charge is 2.45. The van der Waals surface area contributed by atoms with Crippen molar-refractivity contribution in [3.05, 3.63) is 23.8 Å². The fourth-order valence-corrected chi connectivity index (χ4v) is 6.94. The van der Waals surface area contributed by atoms with Crippen molar-refractivity contribution < 1.29 is 34.0 Å². The maximum absolute atomic E-state index is 12.5. The minimum Gasteiger partial charge on any atom is -0.388 e. The number of thioether (sulfide) groups is 1.